The van der Waals surface area contributed by atoms with E-state index in [1.54, 1.807) is 7.05 Å². The minimum Gasteiger partial charge on any atom is -0.345 e. The van der Waals surface area contributed by atoms with Crippen LogP contribution in [0.4, 0.5) is 0 Å². The van der Waals surface area contributed by atoms with Crippen LogP contribution in [0.15, 0.2) is 0 Å². The Morgan fingerprint density at radius 3 is 2.29 bits per heavy atom. The second-order valence-electron chi connectivity index (χ2n) is 4.27. The lowest BCUT2D eigenvalue weighted by Crippen LogP contribution is -2.31. The molecule has 6 heteroatoms. The minimum absolute atomic E-state index is 0.0482. The van der Waals surface area contributed by atoms with Crippen molar-refractivity contribution < 1.29 is 17.8 Å². The molecule has 5 nitrogen and oxygen atoms in total. The summed E-state index contributed by atoms with van der Waals surface area (Å²) < 4.78 is 29.6. The highest BCUT2D eigenvalue weighted by Gasteiger charge is 2.11. The van der Waals surface area contributed by atoms with E-state index < -0.39 is 15.9 Å². The predicted octanol–water partition coefficient (Wildman–Crippen LogP) is 1.69. The van der Waals surface area contributed by atoms with Gasteiger partial charge in [0.25, 0.3) is 10.1 Å². The van der Waals surface area contributed by atoms with Crippen LogP contribution in [-0.2, 0) is 14.9 Å². The van der Waals surface area contributed by atoms with Gasteiger partial charge in [0, 0.05) is 20.0 Å². The quantitative estimate of drug-likeness (QED) is 0.508. The molecule has 0 aliphatic heterocycles. The SMILES string of the molecule is CCCCCCCC(=O)N(C)CCS(=O)(=O)O. The molecular formula is C11H23NO4S. The third-order valence-electron chi connectivity index (χ3n) is 2.60. The topological polar surface area (TPSA) is 74.7 Å². The van der Waals surface area contributed by atoms with E-state index in [4.69, 9.17) is 4.55 Å². The summed E-state index contributed by atoms with van der Waals surface area (Å²) in [7, 11) is -2.42. The van der Waals surface area contributed by atoms with E-state index >= 15 is 0 Å². The van der Waals surface area contributed by atoms with Crippen molar-refractivity contribution in [2.75, 3.05) is 19.3 Å². The van der Waals surface area contributed by atoms with E-state index in [1.807, 2.05) is 0 Å². The smallest absolute Gasteiger partial charge is 0.266 e. The molecule has 0 aromatic rings. The first-order valence-corrected chi connectivity index (χ1v) is 7.67. The fourth-order valence-corrected chi connectivity index (χ4v) is 1.95. The number of carbonyl (C=O) groups is 1. The van der Waals surface area contributed by atoms with Gasteiger partial charge in [-0.2, -0.15) is 8.42 Å². The zero-order valence-corrected chi connectivity index (χ0v) is 11.5. The van der Waals surface area contributed by atoms with Gasteiger partial charge >= 0.3 is 0 Å². The molecule has 0 fully saturated rings. The first-order valence-electron chi connectivity index (χ1n) is 6.06. The van der Waals surface area contributed by atoms with E-state index in [2.05, 4.69) is 6.92 Å². The highest BCUT2D eigenvalue weighted by molar-refractivity contribution is 7.85. The average molecular weight is 265 g/mol. The summed E-state index contributed by atoms with van der Waals surface area (Å²) in [6.07, 6.45) is 5.82. The third-order valence-corrected chi connectivity index (χ3v) is 3.30. The highest BCUT2D eigenvalue weighted by atomic mass is 32.2. The fraction of sp³-hybridized carbons (Fsp3) is 0.909. The zero-order valence-electron chi connectivity index (χ0n) is 10.7. The van der Waals surface area contributed by atoms with E-state index in [0.29, 0.717) is 6.42 Å². The molecule has 17 heavy (non-hydrogen) atoms. The molecule has 0 heterocycles. The Bertz CT molecular complexity index is 313. The lowest BCUT2D eigenvalue weighted by atomic mass is 10.1. The van der Waals surface area contributed by atoms with Gasteiger partial charge in [-0.25, -0.2) is 0 Å². The number of hydrogen-bond acceptors (Lipinski definition) is 3. The Balaban J connectivity index is 3.68. The van der Waals surface area contributed by atoms with Crippen molar-refractivity contribution >= 4 is 16.0 Å². The lowest BCUT2D eigenvalue weighted by Gasteiger charge is -2.16. The van der Waals surface area contributed by atoms with Crippen LogP contribution in [0.25, 0.3) is 0 Å². The molecule has 0 spiro atoms. The van der Waals surface area contributed by atoms with Gasteiger partial charge in [-0.3, -0.25) is 9.35 Å². The first-order chi connectivity index (χ1) is 7.87. The fourth-order valence-electron chi connectivity index (χ4n) is 1.45. The van der Waals surface area contributed by atoms with Crippen molar-refractivity contribution in [1.82, 2.24) is 4.90 Å². The van der Waals surface area contributed by atoms with Crippen molar-refractivity contribution in [2.45, 2.75) is 45.4 Å². The average Bonchev–Trinajstić information content (AvgIpc) is 2.24. The summed E-state index contributed by atoms with van der Waals surface area (Å²) in [5, 5.41) is 0. The second kappa shape index (κ2) is 8.47. The van der Waals surface area contributed by atoms with Gasteiger partial charge in [-0.05, 0) is 6.42 Å². The van der Waals surface area contributed by atoms with E-state index in [9.17, 15) is 13.2 Å². The summed E-state index contributed by atoms with van der Waals surface area (Å²) >= 11 is 0. The Morgan fingerprint density at radius 2 is 1.76 bits per heavy atom. The normalized spacial score (nSPS) is 11.5. The lowest BCUT2D eigenvalue weighted by molar-refractivity contribution is -0.129. The molecule has 0 aromatic heterocycles. The van der Waals surface area contributed by atoms with Crippen molar-refractivity contribution in [3.8, 4) is 0 Å². The van der Waals surface area contributed by atoms with Crippen LogP contribution in [0.1, 0.15) is 45.4 Å². The third kappa shape index (κ3) is 10.3. The van der Waals surface area contributed by atoms with Gasteiger partial charge in [0.15, 0.2) is 0 Å². The molecule has 1 amide bonds. The molecule has 0 saturated heterocycles. The van der Waals surface area contributed by atoms with Crippen molar-refractivity contribution in [3.05, 3.63) is 0 Å². The molecule has 0 radical (unpaired) electrons. The Hall–Kier alpha value is -0.620. The number of nitrogens with zero attached hydrogens (tertiary/aromatic N) is 1. The van der Waals surface area contributed by atoms with E-state index in [1.165, 1.54) is 17.7 Å². The van der Waals surface area contributed by atoms with Crippen LogP contribution >= 0.6 is 0 Å². The Labute approximate surface area is 104 Å². The molecule has 0 rings (SSSR count). The number of rotatable bonds is 9. The highest BCUT2D eigenvalue weighted by Crippen LogP contribution is 2.06. The molecule has 0 aromatic carbocycles. The van der Waals surface area contributed by atoms with Crippen molar-refractivity contribution in [3.63, 3.8) is 0 Å². The second-order valence-corrected chi connectivity index (χ2v) is 5.84. The largest absolute Gasteiger partial charge is 0.345 e. The number of carbonyl (C=O) groups excluding carboxylic acids is 1. The maximum absolute atomic E-state index is 11.5. The molecule has 102 valence electrons. The predicted molar refractivity (Wildman–Crippen MR) is 67.4 cm³/mol. The standard InChI is InChI=1S/C11H23NO4S/c1-3-4-5-6-7-8-11(13)12(2)9-10-17(14,15)16/h3-10H2,1-2H3,(H,14,15,16). The van der Waals surface area contributed by atoms with Crippen LogP contribution in [0.3, 0.4) is 0 Å². The molecule has 0 unspecified atom stereocenters. The Morgan fingerprint density at radius 1 is 1.18 bits per heavy atom. The van der Waals surface area contributed by atoms with Gasteiger partial charge in [-0.1, -0.05) is 32.6 Å². The van der Waals surface area contributed by atoms with Gasteiger partial charge in [-0.15, -0.1) is 0 Å². The zero-order chi connectivity index (χ0) is 13.3. The number of amides is 1. The van der Waals surface area contributed by atoms with Crippen LogP contribution in [0, 0.1) is 0 Å². The summed E-state index contributed by atoms with van der Waals surface area (Å²) in [4.78, 5) is 12.9. The molecule has 0 saturated carbocycles. The molecule has 1 N–H and O–H groups in total. The summed E-state index contributed by atoms with van der Waals surface area (Å²) in [5.74, 6) is -0.462. The molecule has 0 atom stereocenters. The maximum Gasteiger partial charge on any atom is 0.266 e. The van der Waals surface area contributed by atoms with Crippen molar-refractivity contribution in [2.24, 2.45) is 0 Å². The van der Waals surface area contributed by atoms with Gasteiger partial charge < -0.3 is 4.90 Å². The molecule has 0 aliphatic carbocycles. The number of unbranched alkanes of at least 4 members (excludes halogenated alkanes) is 4. The van der Waals surface area contributed by atoms with Gasteiger partial charge in [0.1, 0.15) is 0 Å². The maximum atomic E-state index is 11.5. The monoisotopic (exact) mass is 265 g/mol. The molecular weight excluding hydrogens is 242 g/mol. The number of hydrogen-bond donors (Lipinski definition) is 1. The van der Waals surface area contributed by atoms with Crippen LogP contribution in [-0.4, -0.2) is 43.1 Å². The first kappa shape index (κ1) is 16.4. The van der Waals surface area contributed by atoms with Gasteiger partial charge in [0.2, 0.25) is 5.91 Å². The van der Waals surface area contributed by atoms with Crippen LogP contribution < -0.4 is 0 Å². The van der Waals surface area contributed by atoms with E-state index in [-0.39, 0.29) is 12.5 Å². The Kier molecular flexibility index (Phi) is 8.16. The van der Waals surface area contributed by atoms with Crippen molar-refractivity contribution in [1.29, 1.82) is 0 Å². The minimum atomic E-state index is -3.98. The van der Waals surface area contributed by atoms with Crippen LogP contribution in [0.2, 0.25) is 0 Å². The van der Waals surface area contributed by atoms with Gasteiger partial charge in [0.05, 0.1) is 5.75 Å². The van der Waals surface area contributed by atoms with E-state index in [0.717, 1.165) is 19.3 Å². The van der Waals surface area contributed by atoms with Crippen LogP contribution in [0.5, 0.6) is 0 Å². The summed E-state index contributed by atoms with van der Waals surface area (Å²) in [5.41, 5.74) is 0. The summed E-state index contributed by atoms with van der Waals surface area (Å²) in [6, 6.07) is 0. The molecule has 0 bridgehead atoms. The summed E-state index contributed by atoms with van der Waals surface area (Å²) in [6.45, 7) is 2.18. The molecule has 0 aliphatic rings.